The van der Waals surface area contributed by atoms with Crippen LogP contribution >= 0.6 is 0 Å². The van der Waals surface area contributed by atoms with E-state index < -0.39 is 5.97 Å². The summed E-state index contributed by atoms with van der Waals surface area (Å²) in [5.74, 6) is -0.998. The van der Waals surface area contributed by atoms with Gasteiger partial charge in [-0.1, -0.05) is 0 Å². The zero-order chi connectivity index (χ0) is 11.4. The molecule has 1 aliphatic rings. The predicted molar refractivity (Wildman–Crippen MR) is 55.5 cm³/mol. The molecule has 0 spiro atoms. The highest BCUT2D eigenvalue weighted by Crippen LogP contribution is 2.15. The summed E-state index contributed by atoms with van der Waals surface area (Å²) in [5, 5.41) is 8.80. The number of aliphatic carboxylic acids is 1. The molecule has 1 unspecified atom stereocenters. The smallest absolute Gasteiger partial charge is 0.307 e. The van der Waals surface area contributed by atoms with Gasteiger partial charge in [0.05, 0.1) is 12.5 Å². The second-order valence-electron chi connectivity index (χ2n) is 3.97. The fraction of sp³-hybridized carbons (Fsp3) is 0.800. The summed E-state index contributed by atoms with van der Waals surface area (Å²) < 4.78 is 0. The third kappa shape index (κ3) is 3.20. The van der Waals surface area contributed by atoms with Gasteiger partial charge in [-0.25, -0.2) is 0 Å². The van der Waals surface area contributed by atoms with E-state index in [9.17, 15) is 9.59 Å². The summed E-state index contributed by atoms with van der Waals surface area (Å²) in [6.07, 6.45) is 0.651. The first-order chi connectivity index (χ1) is 7.04. The van der Waals surface area contributed by atoms with E-state index in [1.54, 1.807) is 11.9 Å². The normalized spacial score (nSPS) is 21.6. The lowest BCUT2D eigenvalue weighted by atomic mass is 10.1. The Hall–Kier alpha value is -1.10. The van der Waals surface area contributed by atoms with Crippen molar-refractivity contribution in [1.82, 2.24) is 9.80 Å². The molecule has 1 fully saturated rings. The Kier molecular flexibility index (Phi) is 4.08. The van der Waals surface area contributed by atoms with Gasteiger partial charge in [-0.2, -0.15) is 0 Å². The van der Waals surface area contributed by atoms with Gasteiger partial charge in [-0.3, -0.25) is 14.5 Å². The van der Waals surface area contributed by atoms with Crippen LogP contribution in [0.5, 0.6) is 0 Å². The van der Waals surface area contributed by atoms with Crippen molar-refractivity contribution in [2.75, 3.05) is 33.2 Å². The summed E-state index contributed by atoms with van der Waals surface area (Å²) in [5.41, 5.74) is 0. The molecule has 1 atom stereocenters. The SMILES string of the molecule is CCN(C)C(=O)CN1CCC(C(=O)O)C1. The van der Waals surface area contributed by atoms with E-state index in [2.05, 4.69) is 0 Å². The summed E-state index contributed by atoms with van der Waals surface area (Å²) in [6, 6.07) is 0. The molecule has 1 aliphatic heterocycles. The van der Waals surface area contributed by atoms with Crippen LogP contribution in [0.3, 0.4) is 0 Å². The number of hydrogen-bond donors (Lipinski definition) is 1. The molecular formula is C10H18N2O3. The van der Waals surface area contributed by atoms with Gasteiger partial charge >= 0.3 is 5.97 Å². The average molecular weight is 214 g/mol. The standard InChI is InChI=1S/C10H18N2O3/c1-3-11(2)9(13)7-12-5-4-8(6-12)10(14)15/h8H,3-7H2,1-2H3,(H,14,15). The predicted octanol–water partition coefficient (Wildman–Crippen LogP) is -0.129. The summed E-state index contributed by atoms with van der Waals surface area (Å²) in [7, 11) is 1.76. The quantitative estimate of drug-likeness (QED) is 0.708. The third-order valence-corrected chi connectivity index (χ3v) is 2.88. The highest BCUT2D eigenvalue weighted by molar-refractivity contribution is 5.78. The molecule has 0 bridgehead atoms. The summed E-state index contributed by atoms with van der Waals surface area (Å²) in [4.78, 5) is 25.8. The monoisotopic (exact) mass is 214 g/mol. The average Bonchev–Trinajstić information content (AvgIpc) is 2.65. The molecule has 1 saturated heterocycles. The molecule has 1 amide bonds. The fourth-order valence-corrected chi connectivity index (χ4v) is 1.67. The van der Waals surface area contributed by atoms with Gasteiger partial charge in [-0.15, -0.1) is 0 Å². The number of carboxylic acids is 1. The van der Waals surface area contributed by atoms with Crippen LogP contribution in [0.25, 0.3) is 0 Å². The Bertz CT molecular complexity index is 255. The van der Waals surface area contributed by atoms with Crippen LogP contribution in [0.2, 0.25) is 0 Å². The third-order valence-electron chi connectivity index (χ3n) is 2.88. The number of hydrogen-bond acceptors (Lipinski definition) is 3. The van der Waals surface area contributed by atoms with Gasteiger partial charge in [0.2, 0.25) is 5.91 Å². The van der Waals surface area contributed by atoms with Crippen LogP contribution < -0.4 is 0 Å². The molecule has 0 radical (unpaired) electrons. The highest BCUT2D eigenvalue weighted by atomic mass is 16.4. The Morgan fingerprint density at radius 3 is 2.67 bits per heavy atom. The molecule has 0 aromatic rings. The number of likely N-dealkylation sites (tertiary alicyclic amines) is 1. The molecule has 86 valence electrons. The van der Waals surface area contributed by atoms with Crippen LogP contribution in [0.1, 0.15) is 13.3 Å². The number of rotatable bonds is 4. The first-order valence-electron chi connectivity index (χ1n) is 5.23. The van der Waals surface area contributed by atoms with Crippen LogP contribution in [0.4, 0.5) is 0 Å². The lowest BCUT2D eigenvalue weighted by molar-refractivity contribution is -0.141. The molecular weight excluding hydrogens is 196 g/mol. The minimum Gasteiger partial charge on any atom is -0.481 e. The van der Waals surface area contributed by atoms with Crippen LogP contribution in [-0.4, -0.2) is 60.0 Å². The van der Waals surface area contributed by atoms with Crippen LogP contribution in [0, 0.1) is 5.92 Å². The first kappa shape index (κ1) is 12.0. The van der Waals surface area contributed by atoms with Gasteiger partial charge in [0.1, 0.15) is 0 Å². The van der Waals surface area contributed by atoms with Crippen LogP contribution in [0.15, 0.2) is 0 Å². The fourth-order valence-electron chi connectivity index (χ4n) is 1.67. The maximum atomic E-state index is 11.5. The molecule has 1 rings (SSSR count). The van der Waals surface area contributed by atoms with Crippen molar-refractivity contribution in [2.45, 2.75) is 13.3 Å². The van der Waals surface area contributed by atoms with Crippen molar-refractivity contribution >= 4 is 11.9 Å². The summed E-state index contributed by atoms with van der Waals surface area (Å²) >= 11 is 0. The van der Waals surface area contributed by atoms with Crippen LogP contribution in [-0.2, 0) is 9.59 Å². The Morgan fingerprint density at radius 2 is 2.20 bits per heavy atom. The Balaban J connectivity index is 2.36. The van der Waals surface area contributed by atoms with E-state index in [4.69, 9.17) is 5.11 Å². The van der Waals surface area contributed by atoms with Gasteiger partial charge in [-0.05, 0) is 19.9 Å². The van der Waals surface area contributed by atoms with Crippen molar-refractivity contribution in [3.05, 3.63) is 0 Å². The van der Waals surface area contributed by atoms with Crippen molar-refractivity contribution in [2.24, 2.45) is 5.92 Å². The lowest BCUT2D eigenvalue weighted by Crippen LogP contribution is -2.37. The van der Waals surface area contributed by atoms with E-state index in [-0.39, 0.29) is 11.8 Å². The molecule has 0 aromatic carbocycles. The second-order valence-corrected chi connectivity index (χ2v) is 3.97. The van der Waals surface area contributed by atoms with Crippen molar-refractivity contribution in [1.29, 1.82) is 0 Å². The topological polar surface area (TPSA) is 60.9 Å². The van der Waals surface area contributed by atoms with Crippen molar-refractivity contribution in [3.63, 3.8) is 0 Å². The van der Waals surface area contributed by atoms with Gasteiger partial charge in [0.15, 0.2) is 0 Å². The van der Waals surface area contributed by atoms with E-state index in [1.807, 2.05) is 11.8 Å². The van der Waals surface area contributed by atoms with Crippen molar-refractivity contribution in [3.8, 4) is 0 Å². The van der Waals surface area contributed by atoms with Gasteiger partial charge < -0.3 is 10.0 Å². The molecule has 0 aromatic heterocycles. The van der Waals surface area contributed by atoms with Crippen molar-refractivity contribution < 1.29 is 14.7 Å². The lowest BCUT2D eigenvalue weighted by Gasteiger charge is -2.19. The Labute approximate surface area is 89.7 Å². The minimum absolute atomic E-state index is 0.0588. The molecule has 1 N–H and O–H groups in total. The molecule has 1 heterocycles. The van der Waals surface area contributed by atoms with E-state index in [1.165, 1.54) is 0 Å². The molecule has 15 heavy (non-hydrogen) atoms. The van der Waals surface area contributed by atoms with E-state index >= 15 is 0 Å². The molecule has 0 saturated carbocycles. The maximum absolute atomic E-state index is 11.5. The van der Waals surface area contributed by atoms with E-state index in [0.717, 1.165) is 0 Å². The molecule has 5 heteroatoms. The summed E-state index contributed by atoms with van der Waals surface area (Å²) in [6.45, 7) is 4.16. The number of carboxylic acid groups (broad SMARTS) is 1. The molecule has 0 aliphatic carbocycles. The zero-order valence-corrected chi connectivity index (χ0v) is 9.27. The van der Waals surface area contributed by atoms with Gasteiger partial charge in [0.25, 0.3) is 0 Å². The van der Waals surface area contributed by atoms with E-state index in [0.29, 0.717) is 32.6 Å². The first-order valence-corrected chi connectivity index (χ1v) is 5.23. The minimum atomic E-state index is -0.756. The number of likely N-dealkylation sites (N-methyl/N-ethyl adjacent to an activating group) is 1. The van der Waals surface area contributed by atoms with Gasteiger partial charge in [0, 0.05) is 20.1 Å². The zero-order valence-electron chi connectivity index (χ0n) is 9.27. The highest BCUT2D eigenvalue weighted by Gasteiger charge is 2.29. The number of nitrogens with zero attached hydrogens (tertiary/aromatic N) is 2. The number of carbonyl (C=O) groups is 2. The molecule has 5 nitrogen and oxygen atoms in total. The largest absolute Gasteiger partial charge is 0.481 e. The maximum Gasteiger partial charge on any atom is 0.307 e. The number of amides is 1. The second kappa shape index (κ2) is 5.11. The number of carbonyl (C=O) groups excluding carboxylic acids is 1. The Morgan fingerprint density at radius 1 is 1.53 bits per heavy atom.